The molecule has 3 aromatic carbocycles. The highest BCUT2D eigenvalue weighted by Gasteiger charge is 2.20. The third kappa shape index (κ3) is 2.83. The molecule has 5 heteroatoms. The van der Waals surface area contributed by atoms with Crippen molar-refractivity contribution in [1.82, 2.24) is 19.3 Å². The molecule has 0 aliphatic heterocycles. The van der Waals surface area contributed by atoms with Crippen LogP contribution in [0, 0.1) is 13.8 Å². The number of hydrogen-bond acceptors (Lipinski definition) is 3. The molecule has 0 fully saturated rings. The average molecular weight is 392 g/mol. The second kappa shape index (κ2) is 7.12. The maximum atomic E-state index is 13.7. The Morgan fingerprint density at radius 3 is 2.17 bits per heavy atom. The lowest BCUT2D eigenvalue weighted by Crippen LogP contribution is -2.23. The van der Waals surface area contributed by atoms with Gasteiger partial charge >= 0.3 is 0 Å². The van der Waals surface area contributed by atoms with E-state index in [9.17, 15) is 4.79 Å². The van der Waals surface area contributed by atoms with Gasteiger partial charge in [0.05, 0.1) is 17.6 Å². The summed E-state index contributed by atoms with van der Waals surface area (Å²) < 4.78 is 3.43. The van der Waals surface area contributed by atoms with Gasteiger partial charge in [0.15, 0.2) is 5.65 Å². The van der Waals surface area contributed by atoms with Crippen LogP contribution in [0.25, 0.3) is 33.8 Å². The number of hydrogen-bond donors (Lipinski definition) is 0. The highest BCUT2D eigenvalue weighted by molar-refractivity contribution is 5.79. The smallest absolute Gasteiger partial charge is 0.268 e. The Balaban J connectivity index is 1.91. The van der Waals surface area contributed by atoms with Crippen molar-refractivity contribution in [2.24, 2.45) is 0 Å². The molecular formula is C25H20N4O. The van der Waals surface area contributed by atoms with Crippen molar-refractivity contribution in [1.29, 1.82) is 0 Å². The van der Waals surface area contributed by atoms with Crippen LogP contribution in [0.4, 0.5) is 0 Å². The van der Waals surface area contributed by atoms with Crippen LogP contribution in [0.3, 0.4) is 0 Å². The maximum absolute atomic E-state index is 13.7. The molecule has 0 bridgehead atoms. The molecule has 5 nitrogen and oxygen atoms in total. The number of para-hydroxylation sites is 2. The largest absolute Gasteiger partial charge is 0.269 e. The van der Waals surface area contributed by atoms with Crippen LogP contribution in [0.5, 0.6) is 0 Å². The first-order valence-electron chi connectivity index (χ1n) is 9.83. The van der Waals surface area contributed by atoms with Crippen molar-refractivity contribution >= 4 is 11.0 Å². The third-order valence-corrected chi connectivity index (χ3v) is 5.34. The highest BCUT2D eigenvalue weighted by atomic mass is 16.1. The monoisotopic (exact) mass is 392 g/mol. The summed E-state index contributed by atoms with van der Waals surface area (Å²) in [5, 5.41) is 4.97. The molecule has 0 saturated carbocycles. The molecule has 146 valence electrons. The molecule has 0 aliphatic carbocycles. The van der Waals surface area contributed by atoms with Gasteiger partial charge in [0.25, 0.3) is 5.56 Å². The summed E-state index contributed by atoms with van der Waals surface area (Å²) >= 11 is 0. The second-order valence-electron chi connectivity index (χ2n) is 7.31. The SMILES string of the molecule is Cc1ccccc1-c1nc2c(cnn2-c2ccccc2)c(=O)n1-c1ccccc1C. The van der Waals surface area contributed by atoms with Crippen LogP contribution in [-0.2, 0) is 0 Å². The molecular weight excluding hydrogens is 372 g/mol. The Morgan fingerprint density at radius 2 is 1.43 bits per heavy atom. The second-order valence-corrected chi connectivity index (χ2v) is 7.31. The van der Waals surface area contributed by atoms with E-state index in [1.54, 1.807) is 15.4 Å². The van der Waals surface area contributed by atoms with Crippen molar-refractivity contribution in [3.05, 3.63) is 107 Å². The first-order chi connectivity index (χ1) is 14.6. The van der Waals surface area contributed by atoms with Crippen LogP contribution in [0.2, 0.25) is 0 Å². The maximum Gasteiger partial charge on any atom is 0.269 e. The van der Waals surface area contributed by atoms with Gasteiger partial charge < -0.3 is 0 Å². The molecule has 0 radical (unpaired) electrons. The fourth-order valence-corrected chi connectivity index (χ4v) is 3.77. The van der Waals surface area contributed by atoms with Crippen LogP contribution in [0.1, 0.15) is 11.1 Å². The van der Waals surface area contributed by atoms with E-state index < -0.39 is 0 Å². The van der Waals surface area contributed by atoms with Gasteiger partial charge in [0.1, 0.15) is 11.2 Å². The van der Waals surface area contributed by atoms with Crippen molar-refractivity contribution < 1.29 is 0 Å². The van der Waals surface area contributed by atoms with Crippen molar-refractivity contribution in [3.63, 3.8) is 0 Å². The number of aryl methyl sites for hydroxylation is 2. The summed E-state index contributed by atoms with van der Waals surface area (Å²) in [4.78, 5) is 18.7. The summed E-state index contributed by atoms with van der Waals surface area (Å²) in [5.41, 5.74) is 5.08. The zero-order chi connectivity index (χ0) is 20.7. The van der Waals surface area contributed by atoms with E-state index in [0.717, 1.165) is 28.1 Å². The van der Waals surface area contributed by atoms with Crippen molar-refractivity contribution in [2.75, 3.05) is 0 Å². The molecule has 0 unspecified atom stereocenters. The fraction of sp³-hybridized carbons (Fsp3) is 0.0800. The van der Waals surface area contributed by atoms with E-state index in [0.29, 0.717) is 16.9 Å². The lowest BCUT2D eigenvalue weighted by molar-refractivity contribution is 0.887. The normalized spacial score (nSPS) is 11.1. The summed E-state index contributed by atoms with van der Waals surface area (Å²) in [6, 6.07) is 25.6. The van der Waals surface area contributed by atoms with Gasteiger partial charge in [0.2, 0.25) is 0 Å². The van der Waals surface area contributed by atoms with Crippen LogP contribution in [0.15, 0.2) is 89.9 Å². The zero-order valence-corrected chi connectivity index (χ0v) is 16.8. The minimum absolute atomic E-state index is 0.130. The molecule has 0 spiro atoms. The standard InChI is InChI=1S/C25H20N4O/c1-17-10-6-8-14-20(17)23-27-24-21(16-26-29(24)19-12-4-3-5-13-19)25(30)28(23)22-15-9-7-11-18(22)2/h3-16H,1-2H3. The Labute approximate surface area is 173 Å². The lowest BCUT2D eigenvalue weighted by atomic mass is 10.1. The van der Waals surface area contributed by atoms with Crippen molar-refractivity contribution in [2.45, 2.75) is 13.8 Å². The van der Waals surface area contributed by atoms with E-state index in [-0.39, 0.29) is 5.56 Å². The molecule has 0 aliphatic rings. The van der Waals surface area contributed by atoms with Gasteiger partial charge in [-0.15, -0.1) is 0 Å². The fourth-order valence-electron chi connectivity index (χ4n) is 3.77. The van der Waals surface area contributed by atoms with E-state index in [1.807, 2.05) is 92.7 Å². The topological polar surface area (TPSA) is 52.7 Å². The van der Waals surface area contributed by atoms with Gasteiger partial charge in [-0.1, -0.05) is 60.7 Å². The highest BCUT2D eigenvalue weighted by Crippen LogP contribution is 2.26. The van der Waals surface area contributed by atoms with E-state index in [2.05, 4.69) is 5.10 Å². The minimum atomic E-state index is -0.130. The van der Waals surface area contributed by atoms with Crippen LogP contribution >= 0.6 is 0 Å². The Kier molecular flexibility index (Phi) is 4.29. The lowest BCUT2D eigenvalue weighted by Gasteiger charge is -2.16. The molecule has 0 amide bonds. The number of rotatable bonds is 3. The van der Waals surface area contributed by atoms with Gasteiger partial charge in [-0.25, -0.2) is 9.67 Å². The Bertz CT molecular complexity index is 1430. The molecule has 0 saturated heterocycles. The minimum Gasteiger partial charge on any atom is -0.268 e. The summed E-state index contributed by atoms with van der Waals surface area (Å²) in [7, 11) is 0. The predicted molar refractivity (Wildman–Crippen MR) is 119 cm³/mol. The quantitative estimate of drug-likeness (QED) is 0.441. The molecule has 5 aromatic rings. The summed E-state index contributed by atoms with van der Waals surface area (Å²) in [6.07, 6.45) is 1.61. The third-order valence-electron chi connectivity index (χ3n) is 5.34. The van der Waals surface area contributed by atoms with Crippen LogP contribution < -0.4 is 5.56 Å². The Morgan fingerprint density at radius 1 is 0.767 bits per heavy atom. The molecule has 30 heavy (non-hydrogen) atoms. The van der Waals surface area contributed by atoms with E-state index >= 15 is 0 Å². The Hall–Kier alpha value is -3.99. The number of benzene rings is 3. The molecule has 2 heterocycles. The summed E-state index contributed by atoms with van der Waals surface area (Å²) in [6.45, 7) is 4.03. The van der Waals surface area contributed by atoms with E-state index in [4.69, 9.17) is 4.98 Å². The molecule has 0 N–H and O–H groups in total. The molecule has 5 rings (SSSR count). The van der Waals surface area contributed by atoms with Gasteiger partial charge in [-0.3, -0.25) is 9.36 Å². The van der Waals surface area contributed by atoms with E-state index in [1.165, 1.54) is 0 Å². The molecule has 0 atom stereocenters. The number of aromatic nitrogens is 4. The summed E-state index contributed by atoms with van der Waals surface area (Å²) in [5.74, 6) is 0.609. The number of fused-ring (bicyclic) bond motifs is 1. The van der Waals surface area contributed by atoms with Gasteiger partial charge in [0, 0.05) is 5.56 Å². The first kappa shape index (κ1) is 18.1. The predicted octanol–water partition coefficient (Wildman–Crippen LogP) is 4.86. The number of nitrogens with zero attached hydrogens (tertiary/aromatic N) is 4. The first-order valence-corrected chi connectivity index (χ1v) is 9.83. The zero-order valence-electron chi connectivity index (χ0n) is 16.8. The average Bonchev–Trinajstić information content (AvgIpc) is 3.20. The van der Waals surface area contributed by atoms with Crippen LogP contribution in [-0.4, -0.2) is 19.3 Å². The van der Waals surface area contributed by atoms with Gasteiger partial charge in [-0.05, 0) is 43.2 Å². The van der Waals surface area contributed by atoms with Crippen molar-refractivity contribution in [3.8, 4) is 22.8 Å². The van der Waals surface area contributed by atoms with Gasteiger partial charge in [-0.2, -0.15) is 5.10 Å². The molecule has 2 aromatic heterocycles.